The normalized spacial score (nSPS) is 10.2. The van der Waals surface area contributed by atoms with E-state index in [-0.39, 0.29) is 36.7 Å². The minimum absolute atomic E-state index is 0.0216. The number of hydrogen-bond acceptors (Lipinski definition) is 3. The number of hydrogen-bond donors (Lipinski definition) is 2. The Bertz CT molecular complexity index is 733. The number of halogens is 2. The van der Waals surface area contributed by atoms with Crippen LogP contribution in [0.4, 0.5) is 8.78 Å². The lowest BCUT2D eigenvalue weighted by Crippen LogP contribution is -2.28. The zero-order valence-electron chi connectivity index (χ0n) is 12.7. The molecule has 5 nitrogen and oxygen atoms in total. The molecule has 0 aliphatic heterocycles. The molecule has 0 aliphatic rings. The molecule has 0 saturated heterocycles. The highest BCUT2D eigenvalue weighted by molar-refractivity contribution is 5.94. The second-order valence-electron chi connectivity index (χ2n) is 5.03. The van der Waals surface area contributed by atoms with Gasteiger partial charge in [-0.2, -0.15) is 0 Å². The van der Waals surface area contributed by atoms with Crippen molar-refractivity contribution >= 4 is 11.8 Å². The molecular weight excluding hydrogens is 318 g/mol. The third-order valence-corrected chi connectivity index (χ3v) is 3.16. The van der Waals surface area contributed by atoms with Gasteiger partial charge in [0.25, 0.3) is 5.91 Å². The zero-order valence-corrected chi connectivity index (χ0v) is 12.7. The number of nitrogens with one attached hydrogen (secondary N) is 1. The van der Waals surface area contributed by atoms with Gasteiger partial charge in [0, 0.05) is 19.0 Å². The summed E-state index contributed by atoms with van der Waals surface area (Å²) in [4.78, 5) is 22.4. The summed E-state index contributed by atoms with van der Waals surface area (Å²) in [6.07, 6.45) is -0.0216. The van der Waals surface area contributed by atoms with Crippen LogP contribution in [-0.4, -0.2) is 18.4 Å². The fourth-order valence-corrected chi connectivity index (χ4v) is 1.91. The number of nitrogens with two attached hydrogens (primary N) is 1. The number of carbonyl (C=O) groups is 2. The van der Waals surface area contributed by atoms with Crippen LogP contribution in [0.25, 0.3) is 0 Å². The van der Waals surface area contributed by atoms with E-state index >= 15 is 0 Å². The van der Waals surface area contributed by atoms with Crippen LogP contribution in [0.3, 0.4) is 0 Å². The van der Waals surface area contributed by atoms with Gasteiger partial charge in [0.15, 0.2) is 0 Å². The van der Waals surface area contributed by atoms with E-state index in [1.165, 1.54) is 24.3 Å². The van der Waals surface area contributed by atoms with Crippen LogP contribution in [0.15, 0.2) is 42.5 Å². The van der Waals surface area contributed by atoms with Crippen molar-refractivity contribution in [2.45, 2.75) is 13.0 Å². The molecule has 3 N–H and O–H groups in total. The lowest BCUT2D eigenvalue weighted by Gasteiger charge is -2.09. The van der Waals surface area contributed by atoms with Crippen LogP contribution in [0.5, 0.6) is 5.75 Å². The van der Waals surface area contributed by atoms with E-state index < -0.39 is 17.6 Å². The molecule has 2 aromatic rings. The molecule has 0 fully saturated rings. The van der Waals surface area contributed by atoms with E-state index in [1.54, 1.807) is 12.1 Å². The molecule has 2 amide bonds. The molecule has 0 aromatic heterocycles. The zero-order chi connectivity index (χ0) is 17.5. The third-order valence-electron chi connectivity index (χ3n) is 3.16. The molecule has 126 valence electrons. The van der Waals surface area contributed by atoms with Gasteiger partial charge in [0.05, 0.1) is 5.56 Å². The van der Waals surface area contributed by atoms with Crippen LogP contribution >= 0.6 is 0 Å². The Kier molecular flexibility index (Phi) is 5.83. The molecule has 0 heterocycles. The first kappa shape index (κ1) is 17.4. The second-order valence-corrected chi connectivity index (χ2v) is 5.03. The molecule has 0 saturated carbocycles. The predicted octanol–water partition coefficient (Wildman–Crippen LogP) is 2.15. The summed E-state index contributed by atoms with van der Waals surface area (Å²) in [5.41, 5.74) is 5.52. The fraction of sp³-hybridized carbons (Fsp3) is 0.176. The van der Waals surface area contributed by atoms with Gasteiger partial charge in [0.2, 0.25) is 5.91 Å². The van der Waals surface area contributed by atoms with Crippen LogP contribution in [0.2, 0.25) is 0 Å². The summed E-state index contributed by atoms with van der Waals surface area (Å²) in [5.74, 6) is -2.05. The number of rotatable bonds is 7. The monoisotopic (exact) mass is 334 g/mol. The summed E-state index contributed by atoms with van der Waals surface area (Å²) in [6, 6.07) is 9.56. The molecule has 0 radical (unpaired) electrons. The van der Waals surface area contributed by atoms with E-state index in [0.717, 1.165) is 11.6 Å². The van der Waals surface area contributed by atoms with Crippen molar-refractivity contribution in [3.05, 3.63) is 65.2 Å². The van der Waals surface area contributed by atoms with Crippen LogP contribution in [-0.2, 0) is 11.4 Å². The standard InChI is InChI=1S/C17H16F2N2O3/c18-12-3-1-11(2-4-12)10-24-13-5-6-14(15(19)9-13)17(23)21-8-7-16(20)22/h1-6,9H,7-8,10H2,(H2,20,22)(H,21,23). The summed E-state index contributed by atoms with van der Waals surface area (Å²) < 4.78 is 32.2. The first-order valence-electron chi connectivity index (χ1n) is 7.19. The van der Waals surface area contributed by atoms with Gasteiger partial charge < -0.3 is 15.8 Å². The molecule has 7 heteroatoms. The number of primary amides is 1. The summed E-state index contributed by atoms with van der Waals surface area (Å²) in [5, 5.41) is 2.40. The fourth-order valence-electron chi connectivity index (χ4n) is 1.91. The molecular formula is C17H16F2N2O3. The Hall–Kier alpha value is -2.96. The van der Waals surface area contributed by atoms with Crippen molar-refractivity contribution in [3.8, 4) is 5.75 Å². The van der Waals surface area contributed by atoms with Crippen LogP contribution < -0.4 is 15.8 Å². The predicted molar refractivity (Wildman–Crippen MR) is 83.3 cm³/mol. The number of carbonyl (C=O) groups excluding carboxylic acids is 2. The van der Waals surface area contributed by atoms with Crippen molar-refractivity contribution in [1.29, 1.82) is 0 Å². The van der Waals surface area contributed by atoms with Gasteiger partial charge in [-0.1, -0.05) is 12.1 Å². The molecule has 0 unspecified atom stereocenters. The van der Waals surface area contributed by atoms with E-state index in [1.807, 2.05) is 0 Å². The minimum Gasteiger partial charge on any atom is -0.489 e. The Morgan fingerprint density at radius 3 is 2.42 bits per heavy atom. The third kappa shape index (κ3) is 5.05. The van der Waals surface area contributed by atoms with E-state index in [0.29, 0.717) is 0 Å². The number of benzene rings is 2. The van der Waals surface area contributed by atoms with Crippen molar-refractivity contribution in [1.82, 2.24) is 5.32 Å². The highest BCUT2D eigenvalue weighted by Gasteiger charge is 2.12. The molecule has 0 atom stereocenters. The summed E-state index contributed by atoms with van der Waals surface area (Å²) in [6.45, 7) is 0.181. The molecule has 0 bridgehead atoms. The Balaban J connectivity index is 1.94. The maximum atomic E-state index is 14.0. The Morgan fingerprint density at radius 1 is 1.08 bits per heavy atom. The quantitative estimate of drug-likeness (QED) is 0.814. The minimum atomic E-state index is -0.747. The number of ether oxygens (including phenoxy) is 1. The average Bonchev–Trinajstić information content (AvgIpc) is 2.54. The maximum absolute atomic E-state index is 14.0. The lowest BCUT2D eigenvalue weighted by molar-refractivity contribution is -0.117. The van der Waals surface area contributed by atoms with Crippen molar-refractivity contribution < 1.29 is 23.1 Å². The van der Waals surface area contributed by atoms with Gasteiger partial charge in [0.1, 0.15) is 24.0 Å². The second kappa shape index (κ2) is 8.05. The highest BCUT2D eigenvalue weighted by atomic mass is 19.1. The van der Waals surface area contributed by atoms with Gasteiger partial charge in [-0.3, -0.25) is 9.59 Å². The van der Waals surface area contributed by atoms with Gasteiger partial charge in [-0.15, -0.1) is 0 Å². The topological polar surface area (TPSA) is 81.4 Å². The van der Waals surface area contributed by atoms with E-state index in [9.17, 15) is 18.4 Å². The Morgan fingerprint density at radius 2 is 1.79 bits per heavy atom. The van der Waals surface area contributed by atoms with Crippen LogP contribution in [0.1, 0.15) is 22.3 Å². The average molecular weight is 334 g/mol. The van der Waals surface area contributed by atoms with Gasteiger partial charge in [-0.25, -0.2) is 8.78 Å². The molecule has 0 aliphatic carbocycles. The SMILES string of the molecule is NC(=O)CCNC(=O)c1ccc(OCc2ccc(F)cc2)cc1F. The van der Waals surface area contributed by atoms with Crippen molar-refractivity contribution in [2.75, 3.05) is 6.54 Å². The molecule has 0 spiro atoms. The highest BCUT2D eigenvalue weighted by Crippen LogP contribution is 2.18. The first-order valence-corrected chi connectivity index (χ1v) is 7.19. The molecule has 2 aromatic carbocycles. The van der Waals surface area contributed by atoms with Crippen molar-refractivity contribution in [3.63, 3.8) is 0 Å². The molecule has 24 heavy (non-hydrogen) atoms. The summed E-state index contributed by atoms with van der Waals surface area (Å²) in [7, 11) is 0. The smallest absolute Gasteiger partial charge is 0.254 e. The number of amides is 2. The van der Waals surface area contributed by atoms with E-state index in [4.69, 9.17) is 10.5 Å². The van der Waals surface area contributed by atoms with Crippen molar-refractivity contribution in [2.24, 2.45) is 5.73 Å². The maximum Gasteiger partial charge on any atom is 0.254 e. The van der Waals surface area contributed by atoms with Crippen LogP contribution in [0, 0.1) is 11.6 Å². The molecule has 2 rings (SSSR count). The van der Waals surface area contributed by atoms with E-state index in [2.05, 4.69) is 5.32 Å². The first-order chi connectivity index (χ1) is 11.5. The van der Waals surface area contributed by atoms with Gasteiger partial charge >= 0.3 is 0 Å². The van der Waals surface area contributed by atoms with Gasteiger partial charge in [-0.05, 0) is 29.8 Å². The largest absolute Gasteiger partial charge is 0.489 e. The Labute approximate surface area is 137 Å². The lowest BCUT2D eigenvalue weighted by atomic mass is 10.2. The summed E-state index contributed by atoms with van der Waals surface area (Å²) >= 11 is 0.